The van der Waals surface area contributed by atoms with Crippen LogP contribution in [-0.2, 0) is 23.9 Å². The third-order valence-corrected chi connectivity index (χ3v) is 2.36. The second kappa shape index (κ2) is 6.95. The van der Waals surface area contributed by atoms with Crippen LogP contribution in [0.25, 0.3) is 0 Å². The van der Waals surface area contributed by atoms with Crippen LogP contribution < -0.4 is 0 Å². The van der Waals surface area contributed by atoms with Crippen molar-refractivity contribution in [2.24, 2.45) is 5.41 Å². The monoisotopic (exact) mass is 261 g/mol. The van der Waals surface area contributed by atoms with Gasteiger partial charge in [0, 0.05) is 6.54 Å². The summed E-state index contributed by atoms with van der Waals surface area (Å²) in [6.07, 6.45) is 0. The van der Waals surface area contributed by atoms with E-state index in [0.717, 1.165) is 0 Å². The van der Waals surface area contributed by atoms with Gasteiger partial charge in [-0.2, -0.15) is 0 Å². The minimum atomic E-state index is -1.08. The molecule has 0 rings (SSSR count). The molecule has 0 bridgehead atoms. The Hall–Kier alpha value is -1.63. The number of hydrogen-bond donors (Lipinski definition) is 1. The van der Waals surface area contributed by atoms with Gasteiger partial charge in [-0.1, -0.05) is 0 Å². The minimum absolute atomic E-state index is 0.0343. The Morgan fingerprint density at radius 2 is 1.44 bits per heavy atom. The molecule has 18 heavy (non-hydrogen) atoms. The minimum Gasteiger partial charge on any atom is -0.481 e. The van der Waals surface area contributed by atoms with Crippen LogP contribution in [0.5, 0.6) is 0 Å². The zero-order valence-corrected chi connectivity index (χ0v) is 11.1. The average molecular weight is 261 g/mol. The lowest BCUT2D eigenvalue weighted by Gasteiger charge is -2.27. The molecule has 0 aliphatic carbocycles. The molecular formula is C11H19NO6. The van der Waals surface area contributed by atoms with Crippen molar-refractivity contribution < 1.29 is 29.0 Å². The standard InChI is InChI=1S/C11H19NO6/c1-11(2,10(15)16)7-12(5-8(13)17-3)6-9(14)18-4/h5-7H2,1-4H3,(H,15,16). The predicted molar refractivity (Wildman–Crippen MR) is 61.9 cm³/mol. The SMILES string of the molecule is COC(=O)CN(CC(=O)OC)CC(C)(C)C(=O)O. The molecule has 0 aromatic carbocycles. The molecule has 0 aliphatic rings. The molecule has 0 fully saturated rings. The van der Waals surface area contributed by atoms with Crippen molar-refractivity contribution in [3.05, 3.63) is 0 Å². The molecule has 0 saturated heterocycles. The van der Waals surface area contributed by atoms with Gasteiger partial charge in [0.05, 0.1) is 32.7 Å². The molecule has 0 radical (unpaired) electrons. The van der Waals surface area contributed by atoms with Crippen molar-refractivity contribution in [3.63, 3.8) is 0 Å². The molecule has 0 heterocycles. The molecule has 7 nitrogen and oxygen atoms in total. The summed E-state index contributed by atoms with van der Waals surface area (Å²) in [6.45, 7) is 2.73. The number of hydrogen-bond acceptors (Lipinski definition) is 6. The first-order chi connectivity index (χ1) is 8.22. The highest BCUT2D eigenvalue weighted by atomic mass is 16.5. The van der Waals surface area contributed by atoms with Gasteiger partial charge in [0.15, 0.2) is 0 Å². The average Bonchev–Trinajstić information content (AvgIpc) is 2.27. The zero-order chi connectivity index (χ0) is 14.3. The molecule has 0 aliphatic heterocycles. The first kappa shape index (κ1) is 16.4. The summed E-state index contributed by atoms with van der Waals surface area (Å²) < 4.78 is 8.98. The van der Waals surface area contributed by atoms with E-state index >= 15 is 0 Å². The number of carboxylic acid groups (broad SMARTS) is 1. The Morgan fingerprint density at radius 1 is 1.06 bits per heavy atom. The molecule has 0 unspecified atom stereocenters. The Kier molecular flexibility index (Phi) is 6.32. The van der Waals surface area contributed by atoms with Crippen molar-refractivity contribution in [3.8, 4) is 0 Å². The lowest BCUT2D eigenvalue weighted by molar-refractivity contribution is -0.153. The molecule has 0 atom stereocenters. The highest BCUT2D eigenvalue weighted by molar-refractivity contribution is 5.76. The van der Waals surface area contributed by atoms with Crippen molar-refractivity contribution in [2.45, 2.75) is 13.8 Å². The van der Waals surface area contributed by atoms with Crippen molar-refractivity contribution in [2.75, 3.05) is 33.9 Å². The van der Waals surface area contributed by atoms with Gasteiger partial charge >= 0.3 is 17.9 Å². The highest BCUT2D eigenvalue weighted by Crippen LogP contribution is 2.17. The predicted octanol–water partition coefficient (Wildman–Crippen LogP) is -0.255. The molecule has 0 aromatic heterocycles. The lowest BCUT2D eigenvalue weighted by atomic mass is 9.93. The van der Waals surface area contributed by atoms with E-state index < -0.39 is 23.3 Å². The number of esters is 2. The highest BCUT2D eigenvalue weighted by Gasteiger charge is 2.31. The lowest BCUT2D eigenvalue weighted by Crippen LogP contribution is -2.44. The number of carbonyl (C=O) groups excluding carboxylic acids is 2. The van der Waals surface area contributed by atoms with E-state index in [9.17, 15) is 14.4 Å². The maximum atomic E-state index is 11.2. The van der Waals surface area contributed by atoms with Crippen LogP contribution in [0.2, 0.25) is 0 Å². The van der Waals surface area contributed by atoms with Gasteiger partial charge in [0.2, 0.25) is 0 Å². The Morgan fingerprint density at radius 3 is 1.72 bits per heavy atom. The first-order valence-electron chi connectivity index (χ1n) is 5.32. The van der Waals surface area contributed by atoms with E-state index in [-0.39, 0.29) is 19.6 Å². The first-order valence-corrected chi connectivity index (χ1v) is 5.32. The molecule has 104 valence electrons. The molecule has 0 saturated carbocycles. The largest absolute Gasteiger partial charge is 0.481 e. The maximum Gasteiger partial charge on any atom is 0.319 e. The van der Waals surface area contributed by atoms with E-state index in [1.165, 1.54) is 33.0 Å². The fourth-order valence-corrected chi connectivity index (χ4v) is 1.29. The van der Waals surface area contributed by atoms with Gasteiger partial charge in [-0.3, -0.25) is 19.3 Å². The number of ether oxygens (including phenoxy) is 2. The van der Waals surface area contributed by atoms with Crippen molar-refractivity contribution in [1.29, 1.82) is 0 Å². The fraction of sp³-hybridized carbons (Fsp3) is 0.727. The van der Waals surface area contributed by atoms with Crippen LogP contribution in [0.4, 0.5) is 0 Å². The number of nitrogens with zero attached hydrogens (tertiary/aromatic N) is 1. The third-order valence-electron chi connectivity index (χ3n) is 2.36. The summed E-state index contributed by atoms with van der Waals surface area (Å²) >= 11 is 0. The number of methoxy groups -OCH3 is 2. The zero-order valence-electron chi connectivity index (χ0n) is 11.1. The van der Waals surface area contributed by atoms with Crippen molar-refractivity contribution >= 4 is 17.9 Å². The van der Waals surface area contributed by atoms with E-state index in [1.807, 2.05) is 0 Å². The molecule has 0 amide bonds. The maximum absolute atomic E-state index is 11.2. The van der Waals surface area contributed by atoms with E-state index in [4.69, 9.17) is 5.11 Å². The molecule has 7 heteroatoms. The number of carboxylic acids is 1. The quantitative estimate of drug-likeness (QED) is 0.631. The summed E-state index contributed by atoms with van der Waals surface area (Å²) in [5, 5.41) is 9.01. The van der Waals surface area contributed by atoms with Crippen LogP contribution in [0.1, 0.15) is 13.8 Å². The normalized spacial score (nSPS) is 11.2. The smallest absolute Gasteiger partial charge is 0.319 e. The topological polar surface area (TPSA) is 93.1 Å². The molecule has 0 aromatic rings. The summed E-state index contributed by atoms with van der Waals surface area (Å²) in [7, 11) is 2.45. The molecule has 1 N–H and O–H groups in total. The van der Waals surface area contributed by atoms with Crippen molar-refractivity contribution in [1.82, 2.24) is 4.90 Å². The summed E-state index contributed by atoms with van der Waals surface area (Å²) in [5.41, 5.74) is -1.08. The summed E-state index contributed by atoms with van der Waals surface area (Å²) in [5.74, 6) is -2.09. The Bertz CT molecular complexity index is 307. The summed E-state index contributed by atoms with van der Waals surface area (Å²) in [6, 6.07) is 0. The van der Waals surface area contributed by atoms with Crippen LogP contribution in [-0.4, -0.2) is 61.8 Å². The number of rotatable bonds is 7. The van der Waals surface area contributed by atoms with Crippen LogP contribution in [0.15, 0.2) is 0 Å². The van der Waals surface area contributed by atoms with Gasteiger partial charge in [0.25, 0.3) is 0 Å². The van der Waals surface area contributed by atoms with Gasteiger partial charge in [-0.05, 0) is 13.8 Å². The van der Waals surface area contributed by atoms with E-state index in [0.29, 0.717) is 0 Å². The summed E-state index contributed by atoms with van der Waals surface area (Å²) in [4.78, 5) is 34.8. The number of aliphatic carboxylic acids is 1. The van der Waals surface area contributed by atoms with Gasteiger partial charge in [-0.25, -0.2) is 0 Å². The molecular weight excluding hydrogens is 242 g/mol. The van der Waals surface area contributed by atoms with E-state index in [1.54, 1.807) is 0 Å². The third kappa shape index (κ3) is 5.62. The second-order valence-electron chi connectivity index (χ2n) is 4.49. The Labute approximate surface area is 106 Å². The van der Waals surface area contributed by atoms with Gasteiger partial charge in [-0.15, -0.1) is 0 Å². The van der Waals surface area contributed by atoms with Gasteiger partial charge < -0.3 is 14.6 Å². The van der Waals surface area contributed by atoms with Crippen LogP contribution in [0.3, 0.4) is 0 Å². The van der Waals surface area contributed by atoms with Crippen LogP contribution in [0, 0.1) is 5.41 Å². The second-order valence-corrected chi connectivity index (χ2v) is 4.49. The van der Waals surface area contributed by atoms with Crippen LogP contribution >= 0.6 is 0 Å². The van der Waals surface area contributed by atoms with Gasteiger partial charge in [0.1, 0.15) is 0 Å². The van der Waals surface area contributed by atoms with E-state index in [2.05, 4.69) is 9.47 Å². The Balaban J connectivity index is 4.70. The fourth-order valence-electron chi connectivity index (χ4n) is 1.29. The number of carbonyl (C=O) groups is 3. The molecule has 0 spiro atoms.